The number of carbonyl (C=O) groups is 2. The van der Waals surface area contributed by atoms with Crippen LogP contribution in [0.5, 0.6) is 17.2 Å². The van der Waals surface area contributed by atoms with Crippen molar-refractivity contribution in [1.82, 2.24) is 0 Å². The van der Waals surface area contributed by atoms with Crippen LogP contribution in [0.25, 0.3) is 11.1 Å². The van der Waals surface area contributed by atoms with Gasteiger partial charge in [0.1, 0.15) is 23.9 Å². The molecule has 0 bridgehead atoms. The first-order chi connectivity index (χ1) is 23.6. The fraction of sp³-hybridized carbons (Fsp3) is 0.158. The largest absolute Gasteiger partial charge is 0.489 e. The van der Waals surface area contributed by atoms with Gasteiger partial charge in [-0.05, 0) is 77.9 Å². The number of amides is 1. The number of ether oxygens (including phenoxy) is 3. The molecule has 1 heterocycles. The van der Waals surface area contributed by atoms with Gasteiger partial charge < -0.3 is 29.5 Å². The lowest BCUT2D eigenvalue weighted by Gasteiger charge is -2.31. The third-order valence-electron chi connectivity index (χ3n) is 7.89. The number of carboxylic acids is 1. The number of halogens is 3. The maximum atomic E-state index is 13.3. The lowest BCUT2D eigenvalue weighted by molar-refractivity contribution is -0.137. The van der Waals surface area contributed by atoms with Crippen LogP contribution in [0.1, 0.15) is 31.8 Å². The summed E-state index contributed by atoms with van der Waals surface area (Å²) < 4.78 is 56.3. The normalized spacial score (nSPS) is 13.1. The van der Waals surface area contributed by atoms with E-state index in [0.29, 0.717) is 65.7 Å². The van der Waals surface area contributed by atoms with Gasteiger partial charge in [-0.3, -0.25) is 4.79 Å². The predicted octanol–water partition coefficient (Wildman–Crippen LogP) is 8.53. The van der Waals surface area contributed by atoms with Crippen LogP contribution in [0.3, 0.4) is 0 Å². The standard InChI is InChI=1S/C38H31F3N2O6/c39-38(40,41)28-5-4-8-31(21-28)48-24-25-9-11-26(12-10-25)32-22-33(37(45)46)34(23-35(32)43-17-19-47-20-18-43)42-36(44)27-13-15-30(16-14-27)49-29-6-2-1-3-7-29/h1-16,21-23H,17-20,24H2,(H,42,44)(H,45,46). The Balaban J connectivity index is 1.24. The van der Waals surface area contributed by atoms with E-state index in [4.69, 9.17) is 14.2 Å². The smallest absolute Gasteiger partial charge is 0.416 e. The Morgan fingerprint density at radius 2 is 1.47 bits per heavy atom. The van der Waals surface area contributed by atoms with Crippen molar-refractivity contribution >= 4 is 23.3 Å². The first-order valence-corrected chi connectivity index (χ1v) is 15.4. The lowest BCUT2D eigenvalue weighted by atomic mass is 9.97. The summed E-state index contributed by atoms with van der Waals surface area (Å²) in [7, 11) is 0. The van der Waals surface area contributed by atoms with Crippen molar-refractivity contribution in [2.75, 3.05) is 36.5 Å². The number of benzene rings is 5. The van der Waals surface area contributed by atoms with Crippen LogP contribution in [0.4, 0.5) is 24.5 Å². The van der Waals surface area contributed by atoms with Crippen molar-refractivity contribution in [3.05, 3.63) is 138 Å². The molecule has 250 valence electrons. The van der Waals surface area contributed by atoms with Crippen LogP contribution in [0, 0.1) is 0 Å². The topological polar surface area (TPSA) is 97.3 Å². The second kappa shape index (κ2) is 14.5. The molecule has 0 saturated carbocycles. The molecule has 1 amide bonds. The molecule has 5 aromatic rings. The highest BCUT2D eigenvalue weighted by Crippen LogP contribution is 2.37. The molecule has 49 heavy (non-hydrogen) atoms. The van der Waals surface area contributed by atoms with Crippen LogP contribution in [0.15, 0.2) is 115 Å². The number of morpholine rings is 1. The van der Waals surface area contributed by atoms with Gasteiger partial charge in [0.2, 0.25) is 0 Å². The van der Waals surface area contributed by atoms with E-state index < -0.39 is 23.6 Å². The van der Waals surface area contributed by atoms with Gasteiger partial charge in [0.05, 0.1) is 30.0 Å². The Labute approximate surface area is 280 Å². The number of carboxylic acid groups (broad SMARTS) is 1. The highest BCUT2D eigenvalue weighted by atomic mass is 19.4. The molecule has 1 aliphatic rings. The predicted molar refractivity (Wildman–Crippen MR) is 179 cm³/mol. The molecule has 0 atom stereocenters. The van der Waals surface area contributed by atoms with E-state index in [1.165, 1.54) is 18.2 Å². The zero-order valence-corrected chi connectivity index (χ0v) is 26.1. The summed E-state index contributed by atoms with van der Waals surface area (Å²) in [6.45, 7) is 2.09. The fourth-order valence-electron chi connectivity index (χ4n) is 5.37. The van der Waals surface area contributed by atoms with E-state index in [0.717, 1.165) is 12.1 Å². The van der Waals surface area contributed by atoms with Crippen LogP contribution < -0.4 is 19.7 Å². The van der Waals surface area contributed by atoms with E-state index in [1.54, 1.807) is 54.6 Å². The molecule has 1 fully saturated rings. The van der Waals surface area contributed by atoms with E-state index >= 15 is 0 Å². The number of alkyl halides is 3. The molecular formula is C38H31F3N2O6. The summed E-state index contributed by atoms with van der Waals surface area (Å²) in [5.41, 5.74) is 2.32. The second-order valence-electron chi connectivity index (χ2n) is 11.2. The number of hydrogen-bond donors (Lipinski definition) is 2. The average molecular weight is 669 g/mol. The number of para-hydroxylation sites is 1. The third-order valence-corrected chi connectivity index (χ3v) is 7.89. The monoisotopic (exact) mass is 668 g/mol. The minimum absolute atomic E-state index is 0.0304. The number of nitrogens with zero attached hydrogens (tertiary/aromatic N) is 1. The van der Waals surface area contributed by atoms with Crippen molar-refractivity contribution in [1.29, 1.82) is 0 Å². The van der Waals surface area contributed by atoms with Crippen molar-refractivity contribution in [2.24, 2.45) is 0 Å². The summed E-state index contributed by atoms with van der Waals surface area (Å²) in [4.78, 5) is 27.9. The highest BCUT2D eigenvalue weighted by molar-refractivity contribution is 6.09. The quantitative estimate of drug-likeness (QED) is 0.154. The fourth-order valence-corrected chi connectivity index (χ4v) is 5.37. The van der Waals surface area contributed by atoms with Gasteiger partial charge in [-0.2, -0.15) is 13.2 Å². The van der Waals surface area contributed by atoms with Gasteiger partial charge in [0.15, 0.2) is 0 Å². The molecule has 0 aromatic heterocycles. The van der Waals surface area contributed by atoms with Crippen LogP contribution in [-0.2, 0) is 17.5 Å². The van der Waals surface area contributed by atoms with Gasteiger partial charge in [0, 0.05) is 29.9 Å². The second-order valence-corrected chi connectivity index (χ2v) is 11.2. The summed E-state index contributed by atoms with van der Waals surface area (Å²) >= 11 is 0. The lowest BCUT2D eigenvalue weighted by Crippen LogP contribution is -2.36. The van der Waals surface area contributed by atoms with Gasteiger partial charge in [-0.1, -0.05) is 48.5 Å². The Morgan fingerprint density at radius 3 is 2.14 bits per heavy atom. The van der Waals surface area contributed by atoms with Gasteiger partial charge >= 0.3 is 12.1 Å². The van der Waals surface area contributed by atoms with Gasteiger partial charge in [-0.25, -0.2) is 4.79 Å². The van der Waals surface area contributed by atoms with Gasteiger partial charge in [0.25, 0.3) is 5.91 Å². The Hall–Kier alpha value is -5.81. The van der Waals surface area contributed by atoms with Crippen molar-refractivity contribution < 1.29 is 42.1 Å². The Kier molecular flexibility index (Phi) is 9.82. The molecular weight excluding hydrogens is 637 g/mol. The van der Waals surface area contributed by atoms with Crippen molar-refractivity contribution in [3.8, 4) is 28.4 Å². The molecule has 6 rings (SSSR count). The van der Waals surface area contributed by atoms with E-state index in [2.05, 4.69) is 10.2 Å². The minimum atomic E-state index is -4.48. The first-order valence-electron chi connectivity index (χ1n) is 15.4. The zero-order chi connectivity index (χ0) is 34.4. The maximum Gasteiger partial charge on any atom is 0.416 e. The summed E-state index contributed by atoms with van der Waals surface area (Å²) in [6, 6.07) is 30.8. The third kappa shape index (κ3) is 8.20. The summed E-state index contributed by atoms with van der Waals surface area (Å²) in [5.74, 6) is -0.420. The van der Waals surface area contributed by atoms with Crippen molar-refractivity contribution in [2.45, 2.75) is 12.8 Å². The number of rotatable bonds is 10. The molecule has 0 spiro atoms. The van der Waals surface area contributed by atoms with E-state index in [9.17, 15) is 27.9 Å². The summed E-state index contributed by atoms with van der Waals surface area (Å²) in [6.07, 6.45) is -4.48. The Morgan fingerprint density at radius 1 is 0.796 bits per heavy atom. The van der Waals surface area contributed by atoms with E-state index in [-0.39, 0.29) is 23.6 Å². The van der Waals surface area contributed by atoms with Crippen LogP contribution in [-0.4, -0.2) is 43.3 Å². The van der Waals surface area contributed by atoms with Crippen LogP contribution >= 0.6 is 0 Å². The Bertz CT molecular complexity index is 1930. The molecule has 1 saturated heterocycles. The zero-order valence-electron chi connectivity index (χ0n) is 26.1. The van der Waals surface area contributed by atoms with Gasteiger partial charge in [-0.15, -0.1) is 0 Å². The molecule has 0 radical (unpaired) electrons. The highest BCUT2D eigenvalue weighted by Gasteiger charge is 2.30. The molecule has 11 heteroatoms. The van der Waals surface area contributed by atoms with Crippen LogP contribution in [0.2, 0.25) is 0 Å². The molecule has 8 nitrogen and oxygen atoms in total. The maximum absolute atomic E-state index is 13.3. The summed E-state index contributed by atoms with van der Waals surface area (Å²) in [5, 5.41) is 13.0. The molecule has 1 aliphatic heterocycles. The first kappa shape index (κ1) is 33.1. The molecule has 5 aromatic carbocycles. The molecule has 0 unspecified atom stereocenters. The molecule has 2 N–H and O–H groups in total. The minimum Gasteiger partial charge on any atom is -0.489 e. The number of hydrogen-bond acceptors (Lipinski definition) is 6. The number of carbonyl (C=O) groups excluding carboxylic acids is 1. The SMILES string of the molecule is O=C(Nc1cc(N2CCOCC2)c(-c2ccc(COc3cccc(C(F)(F)F)c3)cc2)cc1C(=O)O)c1ccc(Oc2ccccc2)cc1. The number of nitrogens with one attached hydrogen (secondary N) is 1. The number of aromatic carboxylic acids is 1. The average Bonchev–Trinajstić information content (AvgIpc) is 3.11. The number of anilines is 2. The molecule has 0 aliphatic carbocycles. The van der Waals surface area contributed by atoms with Crippen molar-refractivity contribution in [3.63, 3.8) is 0 Å². The van der Waals surface area contributed by atoms with E-state index in [1.807, 2.05) is 30.3 Å².